The van der Waals surface area contributed by atoms with Gasteiger partial charge in [-0.25, -0.2) is 8.42 Å². The standard InChI is InChI=1S/C24H36N2O3S2/c1-4-19-17-21(18(3)25-24(19)27)22-13-14-23(30-22)31(28,29)16-9-7-6-8-11-20-12-10-15-26(20)5-2/h13-14,17,20H,4-12,15-16H2,1-3H3,(H,25,27). The van der Waals surface area contributed by atoms with E-state index in [1.165, 1.54) is 43.6 Å². The minimum Gasteiger partial charge on any atom is -0.326 e. The molecule has 0 spiro atoms. The van der Waals surface area contributed by atoms with Crippen LogP contribution in [0.1, 0.15) is 70.1 Å². The van der Waals surface area contributed by atoms with E-state index in [1.807, 2.05) is 26.0 Å². The number of sulfone groups is 1. The molecule has 3 heterocycles. The number of pyridine rings is 1. The number of aromatic nitrogens is 1. The second-order valence-corrected chi connectivity index (χ2v) is 12.0. The number of H-pyrrole nitrogens is 1. The summed E-state index contributed by atoms with van der Waals surface area (Å²) in [6.45, 7) is 8.42. The molecular formula is C24H36N2O3S2. The van der Waals surface area contributed by atoms with Gasteiger partial charge in [0.2, 0.25) is 0 Å². The molecule has 0 aromatic carbocycles. The summed E-state index contributed by atoms with van der Waals surface area (Å²) < 4.78 is 26.0. The molecule has 0 radical (unpaired) electrons. The maximum atomic E-state index is 12.8. The molecule has 0 aliphatic carbocycles. The number of rotatable bonds is 11. The second kappa shape index (κ2) is 10.9. The lowest BCUT2D eigenvalue weighted by Crippen LogP contribution is -2.28. The summed E-state index contributed by atoms with van der Waals surface area (Å²) in [6, 6.07) is 6.20. The molecule has 0 saturated carbocycles. The number of nitrogens with one attached hydrogen (secondary N) is 1. The molecule has 2 aromatic rings. The van der Waals surface area contributed by atoms with E-state index < -0.39 is 9.84 Å². The topological polar surface area (TPSA) is 70.2 Å². The summed E-state index contributed by atoms with van der Waals surface area (Å²) in [6.07, 6.45) is 8.51. The van der Waals surface area contributed by atoms with E-state index in [0.29, 0.717) is 10.6 Å². The monoisotopic (exact) mass is 464 g/mol. The fourth-order valence-electron chi connectivity index (χ4n) is 4.58. The lowest BCUT2D eigenvalue weighted by atomic mass is 10.1. The summed E-state index contributed by atoms with van der Waals surface area (Å²) >= 11 is 1.30. The summed E-state index contributed by atoms with van der Waals surface area (Å²) in [5.74, 6) is 0.211. The van der Waals surface area contributed by atoms with Crippen molar-refractivity contribution in [1.82, 2.24) is 9.88 Å². The Balaban J connectivity index is 1.51. The third-order valence-corrected chi connectivity index (χ3v) is 9.96. The number of aromatic amines is 1. The van der Waals surface area contributed by atoms with Crippen LogP contribution in [0.25, 0.3) is 10.4 Å². The van der Waals surface area contributed by atoms with Gasteiger partial charge in [-0.2, -0.15) is 0 Å². The minimum atomic E-state index is -3.26. The Hall–Kier alpha value is -1.44. The first-order valence-electron chi connectivity index (χ1n) is 11.7. The van der Waals surface area contributed by atoms with Crippen molar-refractivity contribution < 1.29 is 8.42 Å². The summed E-state index contributed by atoms with van der Waals surface area (Å²) in [7, 11) is -3.26. The Kier molecular flexibility index (Phi) is 8.53. The van der Waals surface area contributed by atoms with E-state index in [0.717, 1.165) is 53.5 Å². The molecule has 31 heavy (non-hydrogen) atoms. The molecule has 1 atom stereocenters. The highest BCUT2D eigenvalue weighted by Crippen LogP contribution is 2.33. The van der Waals surface area contributed by atoms with Gasteiger partial charge in [-0.15, -0.1) is 11.3 Å². The molecule has 0 bridgehead atoms. The number of nitrogens with zero attached hydrogens (tertiary/aromatic N) is 1. The molecule has 1 unspecified atom stereocenters. The van der Waals surface area contributed by atoms with Gasteiger partial charge in [0.25, 0.3) is 5.56 Å². The Bertz CT molecular complexity index is 1020. The molecule has 1 fully saturated rings. The highest BCUT2D eigenvalue weighted by molar-refractivity contribution is 7.93. The SMILES string of the molecule is CCc1cc(-c2ccc(S(=O)(=O)CCCCCCC3CCCN3CC)s2)c(C)[nH]c1=O. The van der Waals surface area contributed by atoms with E-state index in [9.17, 15) is 13.2 Å². The molecule has 5 nitrogen and oxygen atoms in total. The number of aryl methyl sites for hydroxylation is 2. The quantitative estimate of drug-likeness (QED) is 0.465. The highest BCUT2D eigenvalue weighted by Gasteiger charge is 2.22. The van der Waals surface area contributed by atoms with E-state index >= 15 is 0 Å². The number of unbranched alkanes of at least 4 members (excludes halogenated alkanes) is 3. The third kappa shape index (κ3) is 6.08. The Morgan fingerprint density at radius 2 is 1.94 bits per heavy atom. The second-order valence-electron chi connectivity index (χ2n) is 8.58. The van der Waals surface area contributed by atoms with Crippen molar-refractivity contribution in [3.05, 3.63) is 39.8 Å². The van der Waals surface area contributed by atoms with Gasteiger partial charge in [0.1, 0.15) is 4.21 Å². The Labute approximate surface area is 190 Å². The Morgan fingerprint density at radius 3 is 2.68 bits per heavy atom. The van der Waals surface area contributed by atoms with E-state index in [4.69, 9.17) is 0 Å². The van der Waals surface area contributed by atoms with Crippen LogP contribution in [0.2, 0.25) is 0 Å². The first-order valence-corrected chi connectivity index (χ1v) is 14.1. The molecule has 7 heteroatoms. The number of hydrogen-bond acceptors (Lipinski definition) is 5. The molecule has 3 rings (SSSR count). The van der Waals surface area contributed by atoms with Gasteiger partial charge >= 0.3 is 0 Å². The van der Waals surface area contributed by atoms with Crippen LogP contribution in [0.4, 0.5) is 0 Å². The van der Waals surface area contributed by atoms with Crippen molar-refractivity contribution in [2.24, 2.45) is 0 Å². The van der Waals surface area contributed by atoms with Crippen LogP contribution in [0.3, 0.4) is 0 Å². The maximum Gasteiger partial charge on any atom is 0.251 e. The predicted octanol–water partition coefficient (Wildman–Crippen LogP) is 5.18. The van der Waals surface area contributed by atoms with Crippen LogP contribution in [-0.2, 0) is 16.3 Å². The van der Waals surface area contributed by atoms with Crippen LogP contribution < -0.4 is 5.56 Å². The molecular weight excluding hydrogens is 428 g/mol. The van der Waals surface area contributed by atoms with Crippen molar-refractivity contribution in [3.8, 4) is 10.4 Å². The van der Waals surface area contributed by atoms with Gasteiger partial charge in [-0.1, -0.05) is 33.1 Å². The fraction of sp³-hybridized carbons (Fsp3) is 0.625. The van der Waals surface area contributed by atoms with Crippen LogP contribution in [0.15, 0.2) is 27.2 Å². The van der Waals surface area contributed by atoms with Gasteiger partial charge in [-0.05, 0) is 70.3 Å². The van der Waals surface area contributed by atoms with Gasteiger partial charge in [-0.3, -0.25) is 4.79 Å². The number of likely N-dealkylation sites (tertiary alicyclic amines) is 1. The third-order valence-electron chi connectivity index (χ3n) is 6.46. The smallest absolute Gasteiger partial charge is 0.251 e. The maximum absolute atomic E-state index is 12.8. The van der Waals surface area contributed by atoms with Crippen LogP contribution >= 0.6 is 11.3 Å². The average Bonchev–Trinajstić information content (AvgIpc) is 3.40. The zero-order valence-electron chi connectivity index (χ0n) is 19.1. The van der Waals surface area contributed by atoms with E-state index in [-0.39, 0.29) is 11.3 Å². The van der Waals surface area contributed by atoms with Crippen molar-refractivity contribution in [1.29, 1.82) is 0 Å². The molecule has 172 valence electrons. The van der Waals surface area contributed by atoms with Gasteiger partial charge in [0, 0.05) is 27.7 Å². The van der Waals surface area contributed by atoms with Crippen molar-refractivity contribution >= 4 is 21.2 Å². The molecule has 1 N–H and O–H groups in total. The average molecular weight is 465 g/mol. The Morgan fingerprint density at radius 1 is 1.16 bits per heavy atom. The number of hydrogen-bond donors (Lipinski definition) is 1. The van der Waals surface area contributed by atoms with Crippen LogP contribution in [0.5, 0.6) is 0 Å². The summed E-state index contributed by atoms with van der Waals surface area (Å²) in [4.78, 5) is 18.3. The zero-order valence-corrected chi connectivity index (χ0v) is 20.7. The van der Waals surface area contributed by atoms with Gasteiger partial charge in [0.05, 0.1) is 5.75 Å². The normalized spacial score (nSPS) is 17.5. The van der Waals surface area contributed by atoms with Gasteiger partial charge < -0.3 is 9.88 Å². The minimum absolute atomic E-state index is 0.0662. The lowest BCUT2D eigenvalue weighted by molar-refractivity contribution is 0.250. The van der Waals surface area contributed by atoms with Crippen molar-refractivity contribution in [2.45, 2.75) is 82.4 Å². The van der Waals surface area contributed by atoms with E-state index in [1.54, 1.807) is 6.07 Å². The fourth-order valence-corrected chi connectivity index (χ4v) is 7.48. The number of thiophene rings is 1. The molecule has 1 aliphatic rings. The molecule has 0 amide bonds. The largest absolute Gasteiger partial charge is 0.326 e. The summed E-state index contributed by atoms with van der Waals surface area (Å²) in [5, 5.41) is 0. The van der Waals surface area contributed by atoms with E-state index in [2.05, 4.69) is 16.8 Å². The lowest BCUT2D eigenvalue weighted by Gasteiger charge is -2.22. The molecule has 1 aliphatic heterocycles. The predicted molar refractivity (Wildman–Crippen MR) is 130 cm³/mol. The zero-order chi connectivity index (χ0) is 22.4. The highest BCUT2D eigenvalue weighted by atomic mass is 32.2. The summed E-state index contributed by atoms with van der Waals surface area (Å²) in [5.41, 5.74) is 2.34. The van der Waals surface area contributed by atoms with Crippen molar-refractivity contribution in [2.75, 3.05) is 18.8 Å². The van der Waals surface area contributed by atoms with Crippen LogP contribution in [0, 0.1) is 6.92 Å². The molecule has 1 saturated heterocycles. The first kappa shape index (κ1) is 24.2. The van der Waals surface area contributed by atoms with Gasteiger partial charge in [0.15, 0.2) is 9.84 Å². The first-order chi connectivity index (χ1) is 14.9. The molecule has 2 aromatic heterocycles. The van der Waals surface area contributed by atoms with Crippen molar-refractivity contribution in [3.63, 3.8) is 0 Å². The van der Waals surface area contributed by atoms with Crippen LogP contribution in [-0.4, -0.2) is 43.2 Å².